The van der Waals surface area contributed by atoms with E-state index in [1.165, 1.54) is 0 Å². The topological polar surface area (TPSA) is 57.6 Å². The number of rotatable bonds is 4. The lowest BCUT2D eigenvalue weighted by molar-refractivity contribution is -0.148. The third-order valence-corrected chi connectivity index (χ3v) is 4.48. The average molecular weight is 310 g/mol. The van der Waals surface area contributed by atoms with Crippen LogP contribution in [0.15, 0.2) is 18.2 Å². The number of aryl methyl sites for hydroxylation is 1. The molecule has 0 radical (unpaired) electrons. The fraction of sp³-hybridized carbons (Fsp3) is 0.500. The van der Waals surface area contributed by atoms with Crippen LogP contribution in [0.25, 0.3) is 0 Å². The minimum atomic E-state index is -0.799. The minimum absolute atomic E-state index is 0.108. The van der Waals surface area contributed by atoms with Gasteiger partial charge in [-0.05, 0) is 43.5 Å². The van der Waals surface area contributed by atoms with Gasteiger partial charge in [-0.15, -0.1) is 0 Å². The van der Waals surface area contributed by atoms with Gasteiger partial charge in [-0.2, -0.15) is 0 Å². The van der Waals surface area contributed by atoms with Crippen molar-refractivity contribution in [1.29, 1.82) is 0 Å². The van der Waals surface area contributed by atoms with Crippen molar-refractivity contribution in [1.82, 2.24) is 4.90 Å². The monoisotopic (exact) mass is 309 g/mol. The quantitative estimate of drug-likeness (QED) is 0.927. The molecule has 1 heterocycles. The van der Waals surface area contributed by atoms with E-state index in [9.17, 15) is 14.7 Å². The molecule has 1 aliphatic heterocycles. The molecule has 1 fully saturated rings. The Labute approximate surface area is 129 Å². The van der Waals surface area contributed by atoms with Crippen LogP contribution in [0.1, 0.15) is 42.1 Å². The molecule has 21 heavy (non-hydrogen) atoms. The lowest BCUT2D eigenvalue weighted by Gasteiger charge is -2.24. The van der Waals surface area contributed by atoms with Crippen molar-refractivity contribution in [2.45, 2.75) is 33.1 Å². The Morgan fingerprint density at radius 3 is 2.71 bits per heavy atom. The van der Waals surface area contributed by atoms with Gasteiger partial charge in [0.15, 0.2) is 0 Å². The molecule has 1 aliphatic rings. The molecule has 1 N–H and O–H groups in total. The average Bonchev–Trinajstić information content (AvgIpc) is 2.84. The number of nitrogens with zero attached hydrogens (tertiary/aromatic N) is 1. The summed E-state index contributed by atoms with van der Waals surface area (Å²) in [5.74, 6) is -0.907. The molecule has 0 aliphatic carbocycles. The number of likely N-dealkylation sites (tertiary alicyclic amines) is 1. The van der Waals surface area contributed by atoms with E-state index in [0.29, 0.717) is 30.0 Å². The van der Waals surface area contributed by atoms with E-state index >= 15 is 0 Å². The van der Waals surface area contributed by atoms with Crippen molar-refractivity contribution < 1.29 is 14.7 Å². The van der Waals surface area contributed by atoms with Gasteiger partial charge in [0.05, 0.1) is 5.41 Å². The second kappa shape index (κ2) is 6.06. The number of aliphatic carboxylic acids is 1. The minimum Gasteiger partial charge on any atom is -0.481 e. The van der Waals surface area contributed by atoms with Crippen LogP contribution in [0.3, 0.4) is 0 Å². The molecule has 1 aromatic carbocycles. The molecule has 0 aromatic heterocycles. The molecule has 0 saturated carbocycles. The summed E-state index contributed by atoms with van der Waals surface area (Å²) in [6.45, 7) is 4.59. The van der Waals surface area contributed by atoms with Crippen molar-refractivity contribution in [3.8, 4) is 0 Å². The third kappa shape index (κ3) is 3.05. The van der Waals surface area contributed by atoms with Gasteiger partial charge in [0.25, 0.3) is 5.91 Å². The molecular formula is C16H20ClNO3. The first-order valence-electron chi connectivity index (χ1n) is 7.18. The summed E-state index contributed by atoms with van der Waals surface area (Å²) in [6, 6.07) is 5.15. The number of benzene rings is 1. The zero-order valence-electron chi connectivity index (χ0n) is 12.4. The highest BCUT2D eigenvalue weighted by atomic mass is 35.5. The molecule has 4 nitrogen and oxygen atoms in total. The van der Waals surface area contributed by atoms with Crippen molar-refractivity contribution in [2.24, 2.45) is 5.41 Å². The summed E-state index contributed by atoms with van der Waals surface area (Å²) in [4.78, 5) is 25.8. The summed E-state index contributed by atoms with van der Waals surface area (Å²) in [7, 11) is 0. The van der Waals surface area contributed by atoms with Crippen LogP contribution in [0.4, 0.5) is 0 Å². The van der Waals surface area contributed by atoms with Crippen LogP contribution in [0.2, 0.25) is 5.02 Å². The molecule has 0 spiro atoms. The summed E-state index contributed by atoms with van der Waals surface area (Å²) < 4.78 is 0. The highest BCUT2D eigenvalue weighted by molar-refractivity contribution is 6.30. The zero-order valence-corrected chi connectivity index (χ0v) is 13.1. The maximum Gasteiger partial charge on any atom is 0.311 e. The van der Waals surface area contributed by atoms with E-state index in [2.05, 4.69) is 0 Å². The van der Waals surface area contributed by atoms with Crippen molar-refractivity contribution in [3.63, 3.8) is 0 Å². The van der Waals surface area contributed by atoms with E-state index in [4.69, 9.17) is 11.6 Å². The van der Waals surface area contributed by atoms with Crippen LogP contribution >= 0.6 is 11.6 Å². The van der Waals surface area contributed by atoms with Gasteiger partial charge in [-0.3, -0.25) is 9.59 Å². The van der Waals surface area contributed by atoms with Gasteiger partial charge in [-0.25, -0.2) is 0 Å². The fourth-order valence-corrected chi connectivity index (χ4v) is 3.27. The number of hydrogen-bond donors (Lipinski definition) is 1. The highest BCUT2D eigenvalue weighted by Crippen LogP contribution is 2.36. The number of carboxylic acid groups (broad SMARTS) is 1. The number of carbonyl (C=O) groups excluding carboxylic acids is 1. The maximum absolute atomic E-state index is 12.6. The Bertz CT molecular complexity index is 573. The van der Waals surface area contributed by atoms with Gasteiger partial charge in [0.2, 0.25) is 0 Å². The number of hydrogen-bond acceptors (Lipinski definition) is 2. The van der Waals surface area contributed by atoms with Crippen LogP contribution in [-0.4, -0.2) is 35.0 Å². The van der Waals surface area contributed by atoms with Crippen LogP contribution in [-0.2, 0) is 4.79 Å². The first-order valence-corrected chi connectivity index (χ1v) is 7.56. The Kier molecular flexibility index (Phi) is 4.57. The summed E-state index contributed by atoms with van der Waals surface area (Å²) in [6.07, 6.45) is 1.93. The van der Waals surface area contributed by atoms with Crippen LogP contribution < -0.4 is 0 Å². The number of amides is 1. The zero-order chi connectivity index (χ0) is 15.6. The van der Waals surface area contributed by atoms with E-state index in [0.717, 1.165) is 12.0 Å². The maximum atomic E-state index is 12.6. The van der Waals surface area contributed by atoms with Crippen LogP contribution in [0, 0.1) is 12.3 Å². The molecule has 2 rings (SSSR count). The predicted molar refractivity (Wildman–Crippen MR) is 81.7 cm³/mol. The molecule has 1 amide bonds. The SMILES string of the molecule is CCCC1(C(=O)O)CCN(C(=O)c2ccc(Cl)cc2C)C1. The van der Waals surface area contributed by atoms with E-state index in [1.54, 1.807) is 23.1 Å². The van der Waals surface area contributed by atoms with Gasteiger partial charge in [0.1, 0.15) is 0 Å². The first-order chi connectivity index (χ1) is 9.89. The van der Waals surface area contributed by atoms with Crippen molar-refractivity contribution in [2.75, 3.05) is 13.1 Å². The van der Waals surface area contributed by atoms with Crippen molar-refractivity contribution in [3.05, 3.63) is 34.3 Å². The third-order valence-electron chi connectivity index (χ3n) is 4.24. The van der Waals surface area contributed by atoms with Gasteiger partial charge < -0.3 is 10.0 Å². The standard InChI is InChI=1S/C16H20ClNO3/c1-3-6-16(15(20)21)7-8-18(10-16)14(19)13-5-4-12(17)9-11(13)2/h4-5,9H,3,6-8,10H2,1-2H3,(H,20,21). The van der Waals surface area contributed by atoms with E-state index in [-0.39, 0.29) is 12.5 Å². The summed E-state index contributed by atoms with van der Waals surface area (Å²) in [5, 5.41) is 10.1. The summed E-state index contributed by atoms with van der Waals surface area (Å²) >= 11 is 5.91. The predicted octanol–water partition coefficient (Wildman–Crippen LogP) is 3.37. The fourth-order valence-electron chi connectivity index (χ4n) is 3.05. The molecule has 0 bridgehead atoms. The molecule has 5 heteroatoms. The lowest BCUT2D eigenvalue weighted by atomic mass is 9.83. The first kappa shape index (κ1) is 15.8. The van der Waals surface area contributed by atoms with Gasteiger partial charge in [-0.1, -0.05) is 24.9 Å². The number of carbonyl (C=O) groups is 2. The molecule has 1 aromatic rings. The Morgan fingerprint density at radius 1 is 1.43 bits per heavy atom. The molecule has 1 saturated heterocycles. The van der Waals surface area contributed by atoms with Gasteiger partial charge >= 0.3 is 5.97 Å². The number of carboxylic acids is 1. The molecule has 114 valence electrons. The van der Waals surface area contributed by atoms with Crippen molar-refractivity contribution >= 4 is 23.5 Å². The van der Waals surface area contributed by atoms with E-state index < -0.39 is 11.4 Å². The lowest BCUT2D eigenvalue weighted by Crippen LogP contribution is -2.37. The smallest absolute Gasteiger partial charge is 0.311 e. The second-order valence-corrected chi connectivity index (χ2v) is 6.21. The molecule has 1 unspecified atom stereocenters. The van der Waals surface area contributed by atoms with Crippen LogP contribution in [0.5, 0.6) is 0 Å². The molecule has 1 atom stereocenters. The van der Waals surface area contributed by atoms with E-state index in [1.807, 2.05) is 13.8 Å². The highest BCUT2D eigenvalue weighted by Gasteiger charge is 2.45. The normalized spacial score (nSPS) is 21.6. The Hall–Kier alpha value is -1.55. The van der Waals surface area contributed by atoms with Gasteiger partial charge in [0, 0.05) is 23.7 Å². The Balaban J connectivity index is 2.20. The number of halogens is 1. The largest absolute Gasteiger partial charge is 0.481 e. The second-order valence-electron chi connectivity index (χ2n) is 5.77. The summed E-state index contributed by atoms with van der Waals surface area (Å²) in [5.41, 5.74) is 0.623. The molecular weight excluding hydrogens is 290 g/mol. The Morgan fingerprint density at radius 2 is 2.14 bits per heavy atom.